The van der Waals surface area contributed by atoms with Crippen molar-refractivity contribution in [2.45, 2.75) is 70.6 Å². The molecule has 2 fully saturated rings. The Balaban J connectivity index is 1.56. The Morgan fingerprint density at radius 1 is 1.23 bits per heavy atom. The third-order valence-corrected chi connectivity index (χ3v) is 7.71. The minimum Gasteiger partial charge on any atom is -0.390 e. The number of pyridine rings is 1. The highest BCUT2D eigenvalue weighted by Gasteiger charge is 2.29. The number of aliphatic hydroxyl groups excluding tert-OH is 2. The van der Waals surface area contributed by atoms with Crippen LogP contribution in [0, 0.1) is 12.7 Å². The number of nitrogens with one attached hydrogen (secondary N) is 1. The number of fused-ring (bicyclic) bond motifs is 1. The quantitative estimate of drug-likeness (QED) is 0.435. The molecule has 0 bridgehead atoms. The number of hydrogen-bond donors (Lipinski definition) is 3. The van der Waals surface area contributed by atoms with Gasteiger partial charge in [0.15, 0.2) is 11.2 Å². The number of rotatable bonds is 6. The first kappa shape index (κ1) is 27.6. The van der Waals surface area contributed by atoms with Crippen molar-refractivity contribution in [3.8, 4) is 11.3 Å². The van der Waals surface area contributed by atoms with Crippen LogP contribution in [0.2, 0.25) is 0 Å². The third kappa shape index (κ3) is 5.54. The molecule has 39 heavy (non-hydrogen) atoms. The Labute approximate surface area is 225 Å². The molecule has 3 aromatic rings. The molecular weight excluding hydrogens is 508 g/mol. The van der Waals surface area contributed by atoms with E-state index in [-0.39, 0.29) is 42.3 Å². The Morgan fingerprint density at radius 2 is 2.03 bits per heavy atom. The van der Waals surface area contributed by atoms with E-state index in [1.54, 1.807) is 25.1 Å². The molecule has 11 heteroatoms. The smallest absolute Gasteiger partial charge is 0.223 e. The van der Waals surface area contributed by atoms with E-state index in [0.717, 1.165) is 11.9 Å². The van der Waals surface area contributed by atoms with Crippen molar-refractivity contribution >= 4 is 16.9 Å². The lowest BCUT2D eigenvalue weighted by Gasteiger charge is -2.34. The fourth-order valence-electron chi connectivity index (χ4n) is 5.52. The molecule has 2 aliphatic heterocycles. The molecule has 0 saturated carbocycles. The standard InChI is InChI=1S/C28H35F2N5O4/c1-15(2)35-22-10-17(26-19(29)11-31-28(33-26)32-21-7-9-39-14-25(21)37)4-5-18(22)27(38)16(3)23(35)13-34-8-6-24(36)20(30)12-34/h4-5,10-11,15,20-21,24-25,36-37H,6-9,12-14H2,1-3H3,(H,31,32,33)/t20-,21+,24+,25+/m0/s1. The topological polar surface area (TPSA) is 113 Å². The summed E-state index contributed by atoms with van der Waals surface area (Å²) < 4.78 is 36.6. The molecule has 5 rings (SSSR count). The van der Waals surface area contributed by atoms with Crippen molar-refractivity contribution < 1.29 is 23.7 Å². The van der Waals surface area contributed by atoms with E-state index in [9.17, 15) is 19.4 Å². The molecule has 3 N–H and O–H groups in total. The molecule has 2 aliphatic rings. The number of anilines is 1. The summed E-state index contributed by atoms with van der Waals surface area (Å²) >= 11 is 0. The van der Waals surface area contributed by atoms with Gasteiger partial charge in [-0.05, 0) is 45.7 Å². The van der Waals surface area contributed by atoms with Gasteiger partial charge in [-0.3, -0.25) is 9.69 Å². The lowest BCUT2D eigenvalue weighted by atomic mass is 10.0. The van der Waals surface area contributed by atoms with Gasteiger partial charge in [0.25, 0.3) is 0 Å². The van der Waals surface area contributed by atoms with Gasteiger partial charge in [-0.25, -0.2) is 18.7 Å². The molecule has 0 radical (unpaired) electrons. The lowest BCUT2D eigenvalue weighted by molar-refractivity contribution is -0.0136. The van der Waals surface area contributed by atoms with Gasteiger partial charge in [0, 0.05) is 54.5 Å². The van der Waals surface area contributed by atoms with Crippen molar-refractivity contribution in [3.63, 3.8) is 0 Å². The summed E-state index contributed by atoms with van der Waals surface area (Å²) in [6, 6.07) is 4.76. The first-order chi connectivity index (χ1) is 18.6. The number of benzene rings is 1. The summed E-state index contributed by atoms with van der Waals surface area (Å²) in [6.45, 7) is 7.46. The summed E-state index contributed by atoms with van der Waals surface area (Å²) in [5.74, 6) is -0.421. The maximum atomic E-state index is 15.0. The normalized spacial score (nSPS) is 24.4. The van der Waals surface area contributed by atoms with Crippen molar-refractivity contribution in [2.24, 2.45) is 0 Å². The van der Waals surface area contributed by atoms with Crippen molar-refractivity contribution in [3.05, 3.63) is 51.7 Å². The van der Waals surface area contributed by atoms with E-state index in [0.29, 0.717) is 54.6 Å². The average Bonchev–Trinajstić information content (AvgIpc) is 2.91. The molecule has 4 atom stereocenters. The number of piperidine rings is 1. The fourth-order valence-corrected chi connectivity index (χ4v) is 5.52. The maximum absolute atomic E-state index is 15.0. The predicted molar refractivity (Wildman–Crippen MR) is 144 cm³/mol. The molecule has 2 saturated heterocycles. The van der Waals surface area contributed by atoms with Gasteiger partial charge in [0.1, 0.15) is 11.9 Å². The Bertz CT molecular complexity index is 1410. The largest absolute Gasteiger partial charge is 0.390 e. The molecule has 1 aromatic carbocycles. The predicted octanol–water partition coefficient (Wildman–Crippen LogP) is 2.95. The summed E-state index contributed by atoms with van der Waals surface area (Å²) in [7, 11) is 0. The van der Waals surface area contributed by atoms with Gasteiger partial charge in [-0.1, -0.05) is 6.07 Å². The first-order valence-electron chi connectivity index (χ1n) is 13.4. The maximum Gasteiger partial charge on any atom is 0.223 e. The van der Waals surface area contributed by atoms with Crippen LogP contribution in [0.3, 0.4) is 0 Å². The van der Waals surface area contributed by atoms with Crippen LogP contribution < -0.4 is 10.7 Å². The van der Waals surface area contributed by atoms with Crippen molar-refractivity contribution in [1.82, 2.24) is 19.4 Å². The molecule has 4 heterocycles. The summed E-state index contributed by atoms with van der Waals surface area (Å²) in [5.41, 5.74) is 2.41. The zero-order valence-corrected chi connectivity index (χ0v) is 22.4. The second-order valence-corrected chi connectivity index (χ2v) is 10.8. The molecule has 9 nitrogen and oxygen atoms in total. The van der Waals surface area contributed by atoms with E-state index in [1.807, 2.05) is 23.3 Å². The van der Waals surface area contributed by atoms with Crippen LogP contribution >= 0.6 is 0 Å². The van der Waals surface area contributed by atoms with Gasteiger partial charge in [0.05, 0.1) is 36.6 Å². The summed E-state index contributed by atoms with van der Waals surface area (Å²) in [5, 5.41) is 23.6. The lowest BCUT2D eigenvalue weighted by Crippen LogP contribution is -2.44. The SMILES string of the molecule is Cc1c(CN2CC[C@@H](O)[C@@H](F)C2)n(C(C)C)c2cc(-c3nc(N[C@@H]4CCOC[C@H]4O)ncc3F)ccc2c1=O. The van der Waals surface area contributed by atoms with E-state index in [2.05, 4.69) is 15.3 Å². The van der Waals surface area contributed by atoms with Crippen LogP contribution in [-0.2, 0) is 11.3 Å². The number of ether oxygens (including phenoxy) is 1. The highest BCUT2D eigenvalue weighted by atomic mass is 19.1. The zero-order chi connectivity index (χ0) is 27.8. The number of aromatic nitrogens is 3. The van der Waals surface area contributed by atoms with Crippen molar-refractivity contribution in [2.75, 3.05) is 31.6 Å². The van der Waals surface area contributed by atoms with Crippen molar-refractivity contribution in [1.29, 1.82) is 0 Å². The number of aliphatic hydroxyl groups is 2. The number of halogens is 2. The zero-order valence-electron chi connectivity index (χ0n) is 22.4. The van der Waals surface area contributed by atoms with E-state index in [1.165, 1.54) is 0 Å². The number of nitrogens with zero attached hydrogens (tertiary/aromatic N) is 4. The molecule has 0 aliphatic carbocycles. The van der Waals surface area contributed by atoms with Crippen LogP contribution in [0.4, 0.5) is 14.7 Å². The summed E-state index contributed by atoms with van der Waals surface area (Å²) in [6.07, 6.45) is -1.04. The van der Waals surface area contributed by atoms with Gasteiger partial charge >= 0.3 is 0 Å². The first-order valence-corrected chi connectivity index (χ1v) is 13.4. The van der Waals surface area contributed by atoms with Gasteiger partial charge < -0.3 is 24.8 Å². The van der Waals surface area contributed by atoms with Crippen LogP contribution in [0.15, 0.2) is 29.2 Å². The molecule has 0 unspecified atom stereocenters. The molecule has 0 amide bonds. The molecule has 2 aromatic heterocycles. The molecule has 210 valence electrons. The van der Waals surface area contributed by atoms with Gasteiger partial charge in [-0.15, -0.1) is 0 Å². The Hall–Kier alpha value is -2.99. The molecule has 0 spiro atoms. The monoisotopic (exact) mass is 543 g/mol. The van der Waals surface area contributed by atoms with Crippen LogP contribution in [0.25, 0.3) is 22.2 Å². The second-order valence-electron chi connectivity index (χ2n) is 10.8. The van der Waals surface area contributed by atoms with Crippen LogP contribution in [0.5, 0.6) is 0 Å². The average molecular weight is 544 g/mol. The number of hydrogen-bond acceptors (Lipinski definition) is 8. The number of alkyl halides is 1. The van der Waals surface area contributed by atoms with E-state index < -0.39 is 24.2 Å². The Morgan fingerprint density at radius 3 is 2.74 bits per heavy atom. The van der Waals surface area contributed by atoms with E-state index in [4.69, 9.17) is 4.74 Å². The van der Waals surface area contributed by atoms with Crippen LogP contribution in [0.1, 0.15) is 44.0 Å². The van der Waals surface area contributed by atoms with Crippen LogP contribution in [-0.4, -0.2) is 80.4 Å². The Kier molecular flexibility index (Phi) is 7.95. The number of likely N-dealkylation sites (tertiary alicyclic amines) is 1. The highest BCUT2D eigenvalue weighted by Crippen LogP contribution is 2.29. The van der Waals surface area contributed by atoms with Gasteiger partial charge in [-0.2, -0.15) is 0 Å². The fraction of sp³-hybridized carbons (Fsp3) is 0.536. The molecular formula is C28H35F2N5O4. The minimum atomic E-state index is -1.34. The minimum absolute atomic E-state index is 0.0453. The summed E-state index contributed by atoms with van der Waals surface area (Å²) in [4.78, 5) is 23.8. The third-order valence-electron chi connectivity index (χ3n) is 7.71. The highest BCUT2D eigenvalue weighted by molar-refractivity contribution is 5.85. The van der Waals surface area contributed by atoms with E-state index >= 15 is 4.39 Å². The second kappa shape index (κ2) is 11.2. The van der Waals surface area contributed by atoms with Gasteiger partial charge in [0.2, 0.25) is 5.95 Å².